The molecule has 3 rings (SSSR count). The number of amides is 2. The summed E-state index contributed by atoms with van der Waals surface area (Å²) >= 11 is 0. The number of rotatable bonds is 5. The minimum absolute atomic E-state index is 0. The Morgan fingerprint density at radius 3 is 2.43 bits per heavy atom. The summed E-state index contributed by atoms with van der Waals surface area (Å²) in [5, 5.41) is 0. The van der Waals surface area contributed by atoms with Gasteiger partial charge in [0.2, 0.25) is 5.91 Å². The molecule has 0 saturated carbocycles. The largest absolute Gasteiger partial charge is 0.484 e. The van der Waals surface area contributed by atoms with Crippen LogP contribution in [-0.2, 0) is 9.59 Å². The van der Waals surface area contributed by atoms with Crippen molar-refractivity contribution in [2.24, 2.45) is 17.6 Å². The first-order valence-corrected chi connectivity index (χ1v) is 10.0. The molecule has 2 unspecified atom stereocenters. The lowest BCUT2D eigenvalue weighted by Crippen LogP contribution is -2.53. The number of nitrogens with zero attached hydrogens (tertiary/aromatic N) is 2. The van der Waals surface area contributed by atoms with Gasteiger partial charge in [-0.15, -0.1) is 12.4 Å². The molecule has 2 fully saturated rings. The predicted molar refractivity (Wildman–Crippen MR) is 111 cm³/mol. The highest BCUT2D eigenvalue weighted by atomic mass is 35.5. The highest BCUT2D eigenvalue weighted by molar-refractivity contribution is 5.85. The highest BCUT2D eigenvalue weighted by Crippen LogP contribution is 2.27. The van der Waals surface area contributed by atoms with Crippen LogP contribution in [0.15, 0.2) is 30.3 Å². The fourth-order valence-corrected chi connectivity index (χ4v) is 4.13. The van der Waals surface area contributed by atoms with Gasteiger partial charge in [0.05, 0.1) is 0 Å². The van der Waals surface area contributed by atoms with Gasteiger partial charge in [-0.2, -0.15) is 0 Å². The number of para-hydroxylation sites is 1. The normalized spacial score (nSPS) is 23.1. The van der Waals surface area contributed by atoms with Gasteiger partial charge in [-0.3, -0.25) is 9.59 Å². The summed E-state index contributed by atoms with van der Waals surface area (Å²) in [6.45, 7) is 4.85. The molecule has 28 heavy (non-hydrogen) atoms. The molecule has 2 amide bonds. The Bertz CT molecular complexity index is 635. The second-order valence-corrected chi connectivity index (χ2v) is 7.81. The van der Waals surface area contributed by atoms with E-state index in [0.717, 1.165) is 32.2 Å². The number of benzene rings is 1. The van der Waals surface area contributed by atoms with Crippen molar-refractivity contribution >= 4 is 24.2 Å². The number of hydrogen-bond acceptors (Lipinski definition) is 4. The second-order valence-electron chi connectivity index (χ2n) is 7.81. The summed E-state index contributed by atoms with van der Waals surface area (Å²) in [6.07, 6.45) is 3.49. The number of hydrogen-bond donors (Lipinski definition) is 1. The van der Waals surface area contributed by atoms with E-state index in [0.29, 0.717) is 31.3 Å². The number of carbonyl (C=O) groups excluding carboxylic acids is 2. The van der Waals surface area contributed by atoms with E-state index in [-0.39, 0.29) is 42.8 Å². The van der Waals surface area contributed by atoms with E-state index >= 15 is 0 Å². The summed E-state index contributed by atoms with van der Waals surface area (Å²) < 4.78 is 5.55. The molecule has 0 bridgehead atoms. The first-order chi connectivity index (χ1) is 13.1. The molecular formula is C21H32ClN3O3. The van der Waals surface area contributed by atoms with Gasteiger partial charge in [0.25, 0.3) is 5.91 Å². The van der Waals surface area contributed by atoms with E-state index in [9.17, 15) is 9.59 Å². The molecule has 2 atom stereocenters. The van der Waals surface area contributed by atoms with Crippen LogP contribution in [0.5, 0.6) is 5.75 Å². The predicted octanol–water partition coefficient (Wildman–Crippen LogP) is 2.31. The van der Waals surface area contributed by atoms with Crippen molar-refractivity contribution in [1.29, 1.82) is 0 Å². The van der Waals surface area contributed by atoms with E-state index in [2.05, 4.69) is 6.92 Å². The van der Waals surface area contributed by atoms with Crippen molar-refractivity contribution in [2.45, 2.75) is 38.6 Å². The maximum atomic E-state index is 13.0. The number of carbonyl (C=O) groups is 2. The van der Waals surface area contributed by atoms with Crippen LogP contribution >= 0.6 is 12.4 Å². The standard InChI is InChI=1S/C21H31N3O3.ClH/c1-16-7-12-24(18(13-16)14-22)21(26)17-8-10-23(11-9-17)20(25)15-27-19-5-3-2-4-6-19;/h2-6,16-18H,7-15,22H2,1H3;1H. The fraction of sp³-hybridized carbons (Fsp3) is 0.619. The maximum absolute atomic E-state index is 13.0. The molecule has 7 heteroatoms. The Kier molecular flexibility index (Phi) is 8.58. The molecule has 1 aromatic carbocycles. The van der Waals surface area contributed by atoms with E-state index < -0.39 is 0 Å². The van der Waals surface area contributed by atoms with Crippen molar-refractivity contribution in [3.63, 3.8) is 0 Å². The fourth-order valence-electron chi connectivity index (χ4n) is 4.13. The van der Waals surface area contributed by atoms with Gasteiger partial charge in [-0.05, 0) is 43.7 Å². The summed E-state index contributed by atoms with van der Waals surface area (Å²) in [5.74, 6) is 1.54. The average molecular weight is 410 g/mol. The summed E-state index contributed by atoms with van der Waals surface area (Å²) in [5.41, 5.74) is 5.91. The Balaban J connectivity index is 0.00000280. The van der Waals surface area contributed by atoms with Gasteiger partial charge in [-0.1, -0.05) is 25.1 Å². The molecule has 1 aromatic rings. The molecule has 2 N–H and O–H groups in total. The Morgan fingerprint density at radius 1 is 1.11 bits per heavy atom. The number of nitrogens with two attached hydrogens (primary N) is 1. The van der Waals surface area contributed by atoms with Crippen molar-refractivity contribution in [2.75, 3.05) is 32.8 Å². The molecule has 0 aromatic heterocycles. The summed E-state index contributed by atoms with van der Waals surface area (Å²) in [6, 6.07) is 9.52. The van der Waals surface area contributed by atoms with Crippen LogP contribution < -0.4 is 10.5 Å². The minimum Gasteiger partial charge on any atom is -0.484 e. The lowest BCUT2D eigenvalue weighted by Gasteiger charge is -2.41. The van der Waals surface area contributed by atoms with Gasteiger partial charge < -0.3 is 20.3 Å². The molecule has 0 aliphatic carbocycles. The van der Waals surface area contributed by atoms with Crippen LogP contribution in [0.25, 0.3) is 0 Å². The lowest BCUT2D eigenvalue weighted by molar-refractivity contribution is -0.144. The SMILES string of the molecule is CC1CCN(C(=O)C2CCN(C(=O)COc3ccccc3)CC2)C(CN)C1.Cl. The third kappa shape index (κ3) is 5.61. The first-order valence-electron chi connectivity index (χ1n) is 10.0. The molecule has 0 spiro atoms. The maximum Gasteiger partial charge on any atom is 0.260 e. The van der Waals surface area contributed by atoms with E-state index in [1.165, 1.54) is 0 Å². The second kappa shape index (κ2) is 10.7. The Labute approximate surface area is 173 Å². The third-order valence-electron chi connectivity index (χ3n) is 5.84. The van der Waals surface area contributed by atoms with Gasteiger partial charge in [0, 0.05) is 38.1 Å². The number of ether oxygens (including phenoxy) is 1. The smallest absolute Gasteiger partial charge is 0.260 e. The van der Waals surface area contributed by atoms with Crippen LogP contribution in [0.2, 0.25) is 0 Å². The molecule has 2 heterocycles. The molecule has 0 radical (unpaired) electrons. The van der Waals surface area contributed by atoms with Gasteiger partial charge in [0.1, 0.15) is 5.75 Å². The summed E-state index contributed by atoms with van der Waals surface area (Å²) in [7, 11) is 0. The Morgan fingerprint density at radius 2 is 1.79 bits per heavy atom. The zero-order valence-electron chi connectivity index (χ0n) is 16.6. The monoisotopic (exact) mass is 409 g/mol. The molecule has 6 nitrogen and oxygen atoms in total. The summed E-state index contributed by atoms with van der Waals surface area (Å²) in [4.78, 5) is 29.1. The lowest BCUT2D eigenvalue weighted by atomic mass is 9.89. The highest BCUT2D eigenvalue weighted by Gasteiger charge is 2.35. The van der Waals surface area contributed by atoms with E-state index in [4.69, 9.17) is 10.5 Å². The minimum atomic E-state index is -0.0172. The molecule has 156 valence electrons. The van der Waals surface area contributed by atoms with Crippen molar-refractivity contribution in [3.05, 3.63) is 30.3 Å². The van der Waals surface area contributed by atoms with Crippen molar-refractivity contribution < 1.29 is 14.3 Å². The number of piperidine rings is 2. The van der Waals surface area contributed by atoms with Crippen LogP contribution in [0, 0.1) is 11.8 Å². The van der Waals surface area contributed by atoms with Gasteiger partial charge in [-0.25, -0.2) is 0 Å². The topological polar surface area (TPSA) is 75.9 Å². The molecule has 2 saturated heterocycles. The average Bonchev–Trinajstić information content (AvgIpc) is 2.72. The quantitative estimate of drug-likeness (QED) is 0.809. The van der Waals surface area contributed by atoms with Crippen LogP contribution in [0.1, 0.15) is 32.6 Å². The Hall–Kier alpha value is -1.79. The first kappa shape index (κ1) is 22.5. The van der Waals surface area contributed by atoms with Crippen LogP contribution in [-0.4, -0.2) is 60.4 Å². The van der Waals surface area contributed by atoms with E-state index in [1.54, 1.807) is 0 Å². The molecule has 2 aliphatic rings. The third-order valence-corrected chi connectivity index (χ3v) is 5.84. The van der Waals surface area contributed by atoms with Gasteiger partial charge >= 0.3 is 0 Å². The van der Waals surface area contributed by atoms with Crippen LogP contribution in [0.3, 0.4) is 0 Å². The number of halogens is 1. The van der Waals surface area contributed by atoms with Crippen molar-refractivity contribution in [3.8, 4) is 5.75 Å². The molecule has 2 aliphatic heterocycles. The zero-order chi connectivity index (χ0) is 19.2. The van der Waals surface area contributed by atoms with Crippen molar-refractivity contribution in [1.82, 2.24) is 9.80 Å². The number of likely N-dealkylation sites (tertiary alicyclic amines) is 2. The zero-order valence-corrected chi connectivity index (χ0v) is 17.4. The van der Waals surface area contributed by atoms with Gasteiger partial charge in [0.15, 0.2) is 6.61 Å². The molecular weight excluding hydrogens is 378 g/mol. The van der Waals surface area contributed by atoms with Crippen LogP contribution in [0.4, 0.5) is 0 Å². The van der Waals surface area contributed by atoms with E-state index in [1.807, 2.05) is 40.1 Å².